The molecule has 0 aliphatic carbocycles. The minimum Gasteiger partial charge on any atom is -0.348 e. The molecule has 0 bridgehead atoms. The van der Waals surface area contributed by atoms with Crippen molar-refractivity contribution in [2.75, 3.05) is 20.1 Å². The highest BCUT2D eigenvalue weighted by atomic mass is 19.1. The van der Waals surface area contributed by atoms with E-state index in [9.17, 15) is 14.0 Å². The molecule has 0 radical (unpaired) electrons. The van der Waals surface area contributed by atoms with Crippen LogP contribution in [-0.2, 0) is 6.54 Å². The summed E-state index contributed by atoms with van der Waals surface area (Å²) < 4.78 is 13.0. The number of nitrogens with one attached hydrogen (secondary N) is 2. The number of hydrogen-bond donors (Lipinski definition) is 2. The first kappa shape index (κ1) is 18.9. The normalized spacial score (nSPS) is 16.7. The Morgan fingerprint density at radius 2 is 1.96 bits per heavy atom. The molecule has 0 spiro atoms. The maximum atomic E-state index is 13.0. The molecule has 3 rings (SSSR count). The second kappa shape index (κ2) is 8.66. The van der Waals surface area contributed by atoms with Gasteiger partial charge in [-0.05, 0) is 48.2 Å². The molecule has 0 saturated carbocycles. The molecule has 1 atom stereocenters. The van der Waals surface area contributed by atoms with Crippen LogP contribution >= 0.6 is 0 Å². The summed E-state index contributed by atoms with van der Waals surface area (Å²) in [6.07, 6.45) is 1.94. The Bertz CT molecular complexity index is 807. The maximum Gasteiger partial charge on any atom is 0.317 e. The summed E-state index contributed by atoms with van der Waals surface area (Å²) in [5, 5.41) is 5.54. The van der Waals surface area contributed by atoms with Crippen LogP contribution in [-0.4, -0.2) is 37.0 Å². The summed E-state index contributed by atoms with van der Waals surface area (Å²) in [4.78, 5) is 26.2. The van der Waals surface area contributed by atoms with Crippen LogP contribution in [0.5, 0.6) is 0 Å². The Hall–Kier alpha value is -2.89. The van der Waals surface area contributed by atoms with E-state index in [1.165, 1.54) is 12.1 Å². The lowest BCUT2D eigenvalue weighted by atomic mass is 9.89. The third-order valence-electron chi connectivity index (χ3n) is 4.91. The molecular weight excluding hydrogens is 345 g/mol. The molecule has 1 fully saturated rings. The minimum atomic E-state index is -0.295. The van der Waals surface area contributed by atoms with E-state index in [1.54, 1.807) is 25.2 Å². The Balaban J connectivity index is 1.64. The SMILES string of the molecule is CNC(=O)N1CCC[C@H](c2cccc(C(=O)NCc3ccc(F)cc3)c2)C1. The molecule has 1 heterocycles. The molecule has 0 aromatic heterocycles. The molecule has 1 aliphatic rings. The molecule has 5 nitrogen and oxygen atoms in total. The summed E-state index contributed by atoms with van der Waals surface area (Å²) in [6.45, 7) is 1.76. The van der Waals surface area contributed by atoms with Crippen LogP contribution in [0.2, 0.25) is 0 Å². The molecule has 3 amide bonds. The van der Waals surface area contributed by atoms with Gasteiger partial charge in [-0.15, -0.1) is 0 Å². The minimum absolute atomic E-state index is 0.0621. The molecule has 142 valence electrons. The van der Waals surface area contributed by atoms with Gasteiger partial charge < -0.3 is 15.5 Å². The van der Waals surface area contributed by atoms with Crippen LogP contribution in [0.3, 0.4) is 0 Å². The number of carbonyl (C=O) groups is 2. The Labute approximate surface area is 158 Å². The van der Waals surface area contributed by atoms with Gasteiger partial charge in [0.2, 0.25) is 0 Å². The predicted molar refractivity (Wildman–Crippen MR) is 102 cm³/mol. The van der Waals surface area contributed by atoms with Crippen LogP contribution < -0.4 is 10.6 Å². The van der Waals surface area contributed by atoms with Gasteiger partial charge in [-0.1, -0.05) is 24.3 Å². The zero-order chi connectivity index (χ0) is 19.2. The molecule has 2 N–H and O–H groups in total. The van der Waals surface area contributed by atoms with Gasteiger partial charge in [-0.3, -0.25) is 4.79 Å². The van der Waals surface area contributed by atoms with Gasteiger partial charge in [0.15, 0.2) is 0 Å². The first-order chi connectivity index (χ1) is 13.1. The van der Waals surface area contributed by atoms with Crippen molar-refractivity contribution in [1.82, 2.24) is 15.5 Å². The van der Waals surface area contributed by atoms with Crippen molar-refractivity contribution in [1.29, 1.82) is 0 Å². The van der Waals surface area contributed by atoms with E-state index < -0.39 is 0 Å². The number of piperidine rings is 1. The topological polar surface area (TPSA) is 61.4 Å². The number of likely N-dealkylation sites (tertiary alicyclic amines) is 1. The summed E-state index contributed by atoms with van der Waals surface area (Å²) in [6, 6.07) is 13.6. The number of hydrogen-bond acceptors (Lipinski definition) is 2. The summed E-state index contributed by atoms with van der Waals surface area (Å²) in [5.74, 6) is -0.239. The lowest BCUT2D eigenvalue weighted by Gasteiger charge is -2.32. The van der Waals surface area contributed by atoms with E-state index in [2.05, 4.69) is 10.6 Å². The zero-order valence-electron chi connectivity index (χ0n) is 15.4. The van der Waals surface area contributed by atoms with Crippen LogP contribution in [0, 0.1) is 5.82 Å². The monoisotopic (exact) mass is 369 g/mol. The van der Waals surface area contributed by atoms with Gasteiger partial charge in [0.1, 0.15) is 5.82 Å². The van der Waals surface area contributed by atoms with E-state index in [0.717, 1.165) is 30.5 Å². The molecule has 0 unspecified atom stereocenters. The Kier molecular flexibility index (Phi) is 6.06. The van der Waals surface area contributed by atoms with E-state index in [-0.39, 0.29) is 23.7 Å². The molecule has 6 heteroatoms. The number of halogens is 1. The number of urea groups is 1. The van der Waals surface area contributed by atoms with Gasteiger partial charge in [-0.25, -0.2) is 9.18 Å². The van der Waals surface area contributed by atoms with E-state index in [4.69, 9.17) is 0 Å². The van der Waals surface area contributed by atoms with Crippen molar-refractivity contribution < 1.29 is 14.0 Å². The van der Waals surface area contributed by atoms with Crippen LogP contribution in [0.4, 0.5) is 9.18 Å². The van der Waals surface area contributed by atoms with Crippen molar-refractivity contribution in [2.45, 2.75) is 25.3 Å². The number of benzene rings is 2. The van der Waals surface area contributed by atoms with Crippen LogP contribution in [0.1, 0.15) is 40.2 Å². The molecule has 2 aromatic carbocycles. The third-order valence-corrected chi connectivity index (χ3v) is 4.91. The number of carbonyl (C=O) groups excluding carboxylic acids is 2. The number of amides is 3. The molecule has 2 aromatic rings. The van der Waals surface area contributed by atoms with Gasteiger partial charge >= 0.3 is 6.03 Å². The molecular formula is C21H24FN3O2. The largest absolute Gasteiger partial charge is 0.348 e. The second-order valence-corrected chi connectivity index (χ2v) is 6.77. The molecule has 27 heavy (non-hydrogen) atoms. The summed E-state index contributed by atoms with van der Waals surface area (Å²) >= 11 is 0. The average Bonchev–Trinajstić information content (AvgIpc) is 2.72. The van der Waals surface area contributed by atoms with E-state index in [0.29, 0.717) is 18.7 Å². The van der Waals surface area contributed by atoms with Crippen molar-refractivity contribution in [3.05, 3.63) is 71.0 Å². The quantitative estimate of drug-likeness (QED) is 0.869. The second-order valence-electron chi connectivity index (χ2n) is 6.77. The highest BCUT2D eigenvalue weighted by molar-refractivity contribution is 5.94. The Morgan fingerprint density at radius 3 is 2.70 bits per heavy atom. The van der Waals surface area contributed by atoms with Crippen LogP contribution in [0.15, 0.2) is 48.5 Å². The van der Waals surface area contributed by atoms with Crippen molar-refractivity contribution >= 4 is 11.9 Å². The number of rotatable bonds is 4. The summed E-state index contributed by atoms with van der Waals surface area (Å²) in [7, 11) is 1.64. The van der Waals surface area contributed by atoms with Crippen molar-refractivity contribution in [3.63, 3.8) is 0 Å². The third kappa shape index (κ3) is 4.84. The predicted octanol–water partition coefficient (Wildman–Crippen LogP) is 3.27. The fourth-order valence-electron chi connectivity index (χ4n) is 3.41. The average molecular weight is 369 g/mol. The van der Waals surface area contributed by atoms with Gasteiger partial charge in [0, 0.05) is 38.2 Å². The fraction of sp³-hybridized carbons (Fsp3) is 0.333. The smallest absolute Gasteiger partial charge is 0.317 e. The maximum absolute atomic E-state index is 13.0. The zero-order valence-corrected chi connectivity index (χ0v) is 15.4. The lowest BCUT2D eigenvalue weighted by Crippen LogP contribution is -2.43. The van der Waals surface area contributed by atoms with Gasteiger partial charge in [-0.2, -0.15) is 0 Å². The van der Waals surface area contributed by atoms with E-state index >= 15 is 0 Å². The van der Waals surface area contributed by atoms with Gasteiger partial charge in [0.25, 0.3) is 5.91 Å². The highest BCUT2D eigenvalue weighted by Gasteiger charge is 2.24. The van der Waals surface area contributed by atoms with Crippen molar-refractivity contribution in [2.24, 2.45) is 0 Å². The van der Waals surface area contributed by atoms with Gasteiger partial charge in [0.05, 0.1) is 0 Å². The molecule has 1 aliphatic heterocycles. The first-order valence-electron chi connectivity index (χ1n) is 9.16. The van der Waals surface area contributed by atoms with Crippen LogP contribution in [0.25, 0.3) is 0 Å². The highest BCUT2D eigenvalue weighted by Crippen LogP contribution is 2.27. The van der Waals surface area contributed by atoms with E-state index in [1.807, 2.05) is 23.1 Å². The lowest BCUT2D eigenvalue weighted by molar-refractivity contribution is 0.0950. The molecule has 1 saturated heterocycles. The standard InChI is InChI=1S/C21H24FN3O2/c1-23-21(27)25-11-3-6-18(14-25)16-4-2-5-17(12-16)20(26)24-13-15-7-9-19(22)10-8-15/h2,4-5,7-10,12,18H,3,6,11,13-14H2,1H3,(H,23,27)(H,24,26)/t18-/m0/s1. The Morgan fingerprint density at radius 1 is 1.19 bits per heavy atom. The summed E-state index contributed by atoms with van der Waals surface area (Å²) in [5.41, 5.74) is 2.50. The number of nitrogens with zero attached hydrogens (tertiary/aromatic N) is 1. The first-order valence-corrected chi connectivity index (χ1v) is 9.16. The fourth-order valence-corrected chi connectivity index (χ4v) is 3.41. The van der Waals surface area contributed by atoms with Crippen molar-refractivity contribution in [3.8, 4) is 0 Å².